The molecule has 0 aromatic carbocycles. The molecule has 0 aromatic heterocycles. The predicted octanol–water partition coefficient (Wildman–Crippen LogP) is -5.51. The van der Waals surface area contributed by atoms with Crippen molar-refractivity contribution in [2.45, 2.75) is 0 Å². The average molecular weight is 160 g/mol. The van der Waals surface area contributed by atoms with E-state index in [1.165, 1.54) is 0 Å². The summed E-state index contributed by atoms with van der Waals surface area (Å²) in [6, 6.07) is 0. The van der Waals surface area contributed by atoms with Crippen molar-refractivity contribution in [3.63, 3.8) is 0 Å². The summed E-state index contributed by atoms with van der Waals surface area (Å²) in [5, 5.41) is 0. The molecule has 0 N–H and O–H groups in total. The topological polar surface area (TPSA) is 0 Å². The maximum Gasteiger partial charge on any atom is 1.00 e. The second-order valence-electron chi connectivity index (χ2n) is 2.29. The van der Waals surface area contributed by atoms with Gasteiger partial charge in [0.25, 0.3) is 0 Å². The summed E-state index contributed by atoms with van der Waals surface area (Å²) in [5.74, 6) is 0. The van der Waals surface area contributed by atoms with E-state index in [0.29, 0.717) is 0 Å². The molecule has 40 valence electrons. The maximum atomic E-state index is 3.71. The summed E-state index contributed by atoms with van der Waals surface area (Å²) < 4.78 is 0.750. The van der Waals surface area contributed by atoms with E-state index in [0.717, 1.165) is 4.48 Å². The number of hydrogen-bond acceptors (Lipinski definition) is 0. The smallest absolute Gasteiger partial charge is 1.00 e. The van der Waals surface area contributed by atoms with E-state index in [9.17, 15) is 0 Å². The summed E-state index contributed by atoms with van der Waals surface area (Å²) in [4.78, 5) is 0. The first-order valence-electron chi connectivity index (χ1n) is 1.66. The second kappa shape index (κ2) is 5.18. The van der Waals surface area contributed by atoms with Gasteiger partial charge in [0.15, 0.2) is 0 Å². The van der Waals surface area contributed by atoms with Gasteiger partial charge in [0.1, 0.15) is 0 Å². The zero-order valence-electron chi connectivity index (χ0n) is 5.53. The Bertz CT molecular complexity index is 27.2. The van der Waals surface area contributed by atoms with Crippen molar-refractivity contribution in [1.29, 1.82) is 0 Å². The van der Waals surface area contributed by atoms with Gasteiger partial charge in [-0.25, -0.2) is 0 Å². The number of hydrogen-bond donors (Lipinski definition) is 0. The van der Waals surface area contributed by atoms with Crippen LogP contribution in [0, 0.1) is 7.05 Å². The van der Waals surface area contributed by atoms with Crippen LogP contribution in [0.2, 0.25) is 0 Å². The first-order valence-corrected chi connectivity index (χ1v) is 1.66. The Labute approximate surface area is 68.6 Å². The molecule has 0 unspecified atom stereocenters. The monoisotopic (exact) mass is 159 g/mol. The van der Waals surface area contributed by atoms with Crippen molar-refractivity contribution in [2.24, 2.45) is 0 Å². The molecule has 0 bridgehead atoms. The second-order valence-corrected chi connectivity index (χ2v) is 2.29. The number of rotatable bonds is 0. The molecule has 0 saturated carbocycles. The molecule has 3 heteroatoms. The van der Waals surface area contributed by atoms with Gasteiger partial charge in [0, 0.05) is 21.1 Å². The molecular formula is C4H11BrLiN. The van der Waals surface area contributed by atoms with Crippen LogP contribution in [0.5, 0.6) is 0 Å². The Balaban J connectivity index is -0.0000000800. The third-order valence-corrected chi connectivity index (χ3v) is 0. The zero-order valence-corrected chi connectivity index (χ0v) is 7.12. The van der Waals surface area contributed by atoms with E-state index in [1.54, 1.807) is 0 Å². The third kappa shape index (κ3) is 166. The molecule has 0 radical (unpaired) electrons. The minimum atomic E-state index is 0. The van der Waals surface area contributed by atoms with Crippen LogP contribution in [0.3, 0.4) is 0 Å². The molecule has 0 rings (SSSR count). The van der Waals surface area contributed by atoms with Gasteiger partial charge in [-0.1, -0.05) is 0 Å². The quantitative estimate of drug-likeness (QED) is 0.188. The van der Waals surface area contributed by atoms with Crippen LogP contribution in [0.4, 0.5) is 0 Å². The molecule has 7 heavy (non-hydrogen) atoms. The standard InChI is InChI=1S/C4H11N.BrH.Li/c1-5(2,3)4;;/h1H2,2-4H3;1H;/q;;+1/p-1. The summed E-state index contributed by atoms with van der Waals surface area (Å²) >= 11 is 0. The average Bonchev–Trinajstić information content (AvgIpc) is 0.722. The summed E-state index contributed by atoms with van der Waals surface area (Å²) in [6.07, 6.45) is 0. The van der Waals surface area contributed by atoms with E-state index < -0.39 is 0 Å². The molecule has 0 aliphatic heterocycles. The van der Waals surface area contributed by atoms with Crippen LogP contribution in [0.1, 0.15) is 0 Å². The van der Waals surface area contributed by atoms with Gasteiger partial charge in [0.2, 0.25) is 0 Å². The molecule has 0 atom stereocenters. The largest absolute Gasteiger partial charge is 1.00 e. The molecule has 0 amide bonds. The Morgan fingerprint density at radius 3 is 1.14 bits per heavy atom. The number of halogens is 1. The Hall–Kier alpha value is 1.04. The van der Waals surface area contributed by atoms with Crippen molar-refractivity contribution in [3.8, 4) is 0 Å². The molecule has 0 aliphatic carbocycles. The zero-order chi connectivity index (χ0) is 4.50. The third-order valence-electron chi connectivity index (χ3n) is 0. The number of quaternary nitrogens is 1. The van der Waals surface area contributed by atoms with Gasteiger partial charge in [0.05, 0.1) is 0 Å². The SMILES string of the molecule is [Br-].[CH2-][N+](C)(C)C.[Li+]. The van der Waals surface area contributed by atoms with Crippen molar-refractivity contribution in [1.82, 2.24) is 0 Å². The summed E-state index contributed by atoms with van der Waals surface area (Å²) in [6.45, 7) is 0. The fourth-order valence-corrected chi connectivity index (χ4v) is 0. The maximum absolute atomic E-state index is 3.71. The van der Waals surface area contributed by atoms with Gasteiger partial charge in [-0.3, -0.25) is 0 Å². The van der Waals surface area contributed by atoms with Crippen LogP contribution in [-0.4, -0.2) is 25.6 Å². The van der Waals surface area contributed by atoms with Crippen molar-refractivity contribution < 1.29 is 40.3 Å². The van der Waals surface area contributed by atoms with Gasteiger partial charge in [-0.15, -0.1) is 7.05 Å². The number of nitrogens with zero attached hydrogens (tertiary/aromatic N) is 1. The Morgan fingerprint density at radius 2 is 1.14 bits per heavy atom. The van der Waals surface area contributed by atoms with Crippen molar-refractivity contribution in [2.75, 3.05) is 21.1 Å². The predicted molar refractivity (Wildman–Crippen MR) is 23.4 cm³/mol. The molecule has 0 heterocycles. The van der Waals surface area contributed by atoms with Gasteiger partial charge < -0.3 is 21.5 Å². The van der Waals surface area contributed by atoms with Crippen molar-refractivity contribution >= 4 is 0 Å². The molecule has 0 aliphatic rings. The molecule has 0 fully saturated rings. The molecule has 1 nitrogen and oxygen atoms in total. The fourth-order valence-electron chi connectivity index (χ4n) is 0. The van der Waals surface area contributed by atoms with Gasteiger partial charge in [-0.2, -0.15) is 0 Å². The van der Waals surface area contributed by atoms with Crippen LogP contribution in [-0.2, 0) is 0 Å². The van der Waals surface area contributed by atoms with Crippen LogP contribution in [0.25, 0.3) is 0 Å². The molecule has 0 spiro atoms. The normalized spacial score (nSPS) is 8.57. The first kappa shape index (κ1) is 15.7. The minimum Gasteiger partial charge on any atom is -1.00 e. The van der Waals surface area contributed by atoms with Crippen LogP contribution >= 0.6 is 0 Å². The summed E-state index contributed by atoms with van der Waals surface area (Å²) in [7, 11) is 9.75. The minimum absolute atomic E-state index is 0. The Kier molecular flexibility index (Phi) is 11.6. The van der Waals surface area contributed by atoms with Gasteiger partial charge >= 0.3 is 18.9 Å². The van der Waals surface area contributed by atoms with Crippen LogP contribution < -0.4 is 35.8 Å². The van der Waals surface area contributed by atoms with E-state index in [4.69, 9.17) is 0 Å². The summed E-state index contributed by atoms with van der Waals surface area (Å²) in [5.41, 5.74) is 0. The van der Waals surface area contributed by atoms with E-state index in [2.05, 4.69) is 7.05 Å². The molecule has 0 aromatic rings. The van der Waals surface area contributed by atoms with E-state index in [-0.39, 0.29) is 35.8 Å². The molecule has 0 saturated heterocycles. The fraction of sp³-hybridized carbons (Fsp3) is 0.750. The van der Waals surface area contributed by atoms with Crippen molar-refractivity contribution in [3.05, 3.63) is 7.05 Å². The van der Waals surface area contributed by atoms with E-state index >= 15 is 0 Å². The van der Waals surface area contributed by atoms with Gasteiger partial charge in [-0.05, 0) is 0 Å². The molecular weight excluding hydrogens is 149 g/mol. The first-order chi connectivity index (χ1) is 2.00. The van der Waals surface area contributed by atoms with Crippen LogP contribution in [0.15, 0.2) is 0 Å². The van der Waals surface area contributed by atoms with E-state index in [1.807, 2.05) is 21.1 Å². The Morgan fingerprint density at radius 1 is 1.14 bits per heavy atom.